The maximum atomic E-state index is 13.5. The molecule has 0 saturated carbocycles. The number of alkyl halides is 3. The highest BCUT2D eigenvalue weighted by atomic mass is 19.4. The maximum Gasteiger partial charge on any atom is 0.400 e. The largest absolute Gasteiger partial charge is 0.492 e. The number of carbonyl (C=O) groups excluding carboxylic acids is 1. The van der Waals surface area contributed by atoms with Gasteiger partial charge < -0.3 is 13.9 Å². The number of carbonyl (C=O) groups is 1. The van der Waals surface area contributed by atoms with Crippen molar-refractivity contribution in [3.05, 3.63) is 67.3 Å². The number of hydrogen-bond acceptors (Lipinski definition) is 4. The normalized spacial score (nSPS) is 13.7. The van der Waals surface area contributed by atoms with Crippen LogP contribution in [0.5, 0.6) is 5.75 Å². The van der Waals surface area contributed by atoms with E-state index in [0.717, 1.165) is 23.9 Å². The van der Waals surface area contributed by atoms with Gasteiger partial charge in [0, 0.05) is 23.1 Å². The molecule has 152 valence electrons. The van der Waals surface area contributed by atoms with Gasteiger partial charge in [0.15, 0.2) is 0 Å². The standard InChI is InChI=1S/C22H19F3O4/c1-3-20(26)28-14-21(2,22(23,24)25)13-27-17-10-9-16-11-18(29-19(16)12-17)15-7-5-4-6-8-15/h3-12H,1,13-14H2,2H3. The van der Waals surface area contributed by atoms with Gasteiger partial charge in [0.25, 0.3) is 0 Å². The van der Waals surface area contributed by atoms with Crippen LogP contribution in [-0.2, 0) is 9.53 Å². The van der Waals surface area contributed by atoms with Gasteiger partial charge in [0.2, 0.25) is 0 Å². The van der Waals surface area contributed by atoms with Gasteiger partial charge in [-0.1, -0.05) is 36.9 Å². The lowest BCUT2D eigenvalue weighted by Crippen LogP contribution is -2.44. The first-order valence-corrected chi connectivity index (χ1v) is 8.80. The first-order valence-electron chi connectivity index (χ1n) is 8.80. The number of halogens is 3. The molecular weight excluding hydrogens is 385 g/mol. The number of rotatable bonds is 7. The van der Waals surface area contributed by atoms with E-state index < -0.39 is 30.8 Å². The molecule has 3 rings (SSSR count). The maximum absolute atomic E-state index is 13.5. The second-order valence-electron chi connectivity index (χ2n) is 6.84. The molecule has 1 unspecified atom stereocenters. The van der Waals surface area contributed by atoms with Crippen molar-refractivity contribution in [3.63, 3.8) is 0 Å². The van der Waals surface area contributed by atoms with Gasteiger partial charge in [-0.2, -0.15) is 13.2 Å². The first-order chi connectivity index (χ1) is 13.7. The molecule has 1 atom stereocenters. The van der Waals surface area contributed by atoms with E-state index in [1.807, 2.05) is 36.4 Å². The predicted octanol–water partition coefficient (Wildman–Crippen LogP) is 5.78. The molecule has 4 nitrogen and oxygen atoms in total. The average Bonchev–Trinajstić information content (AvgIpc) is 3.13. The molecule has 0 N–H and O–H groups in total. The lowest BCUT2D eigenvalue weighted by Gasteiger charge is -2.31. The van der Waals surface area contributed by atoms with Gasteiger partial charge in [-0.05, 0) is 25.1 Å². The summed E-state index contributed by atoms with van der Waals surface area (Å²) in [6, 6.07) is 16.1. The van der Waals surface area contributed by atoms with Crippen LogP contribution in [0.25, 0.3) is 22.3 Å². The Balaban J connectivity index is 1.77. The molecule has 1 aromatic heterocycles. The van der Waals surface area contributed by atoms with Gasteiger partial charge in [-0.25, -0.2) is 4.79 Å². The molecule has 0 saturated heterocycles. The van der Waals surface area contributed by atoms with Gasteiger partial charge in [-0.15, -0.1) is 0 Å². The summed E-state index contributed by atoms with van der Waals surface area (Å²) in [6.07, 6.45) is -3.82. The number of hydrogen-bond donors (Lipinski definition) is 0. The smallest absolute Gasteiger partial charge is 0.400 e. The van der Waals surface area contributed by atoms with E-state index in [-0.39, 0.29) is 5.75 Å². The van der Waals surface area contributed by atoms with E-state index in [9.17, 15) is 18.0 Å². The second-order valence-corrected chi connectivity index (χ2v) is 6.84. The minimum Gasteiger partial charge on any atom is -0.492 e. The average molecular weight is 404 g/mol. The Morgan fingerprint density at radius 3 is 2.48 bits per heavy atom. The third kappa shape index (κ3) is 4.62. The SMILES string of the molecule is C=CC(=O)OCC(C)(COc1ccc2cc(-c3ccccc3)oc2c1)C(F)(F)F. The van der Waals surface area contributed by atoms with E-state index in [1.165, 1.54) is 6.07 Å². The molecule has 29 heavy (non-hydrogen) atoms. The zero-order valence-corrected chi connectivity index (χ0v) is 15.7. The summed E-state index contributed by atoms with van der Waals surface area (Å²) < 4.78 is 56.3. The summed E-state index contributed by atoms with van der Waals surface area (Å²) in [5.74, 6) is -0.0582. The summed E-state index contributed by atoms with van der Waals surface area (Å²) in [5, 5.41) is 0.801. The number of esters is 1. The summed E-state index contributed by atoms with van der Waals surface area (Å²) in [6.45, 7) is 2.51. The van der Waals surface area contributed by atoms with Crippen LogP contribution in [0.4, 0.5) is 13.2 Å². The third-order valence-electron chi connectivity index (χ3n) is 4.49. The molecule has 0 fully saturated rings. The molecule has 0 bridgehead atoms. The fraction of sp³-hybridized carbons (Fsp3) is 0.227. The van der Waals surface area contributed by atoms with Gasteiger partial charge in [0.1, 0.15) is 35.7 Å². The van der Waals surface area contributed by atoms with Crippen molar-refractivity contribution in [3.8, 4) is 17.1 Å². The number of benzene rings is 2. The van der Waals surface area contributed by atoms with E-state index in [2.05, 4.69) is 11.3 Å². The first kappa shape index (κ1) is 20.5. The number of ether oxygens (including phenoxy) is 2. The highest BCUT2D eigenvalue weighted by Gasteiger charge is 2.53. The third-order valence-corrected chi connectivity index (χ3v) is 4.49. The molecule has 1 heterocycles. The monoisotopic (exact) mass is 404 g/mol. The zero-order chi connectivity index (χ0) is 21.1. The molecule has 0 aliphatic heterocycles. The molecule has 2 aromatic carbocycles. The minimum absolute atomic E-state index is 0.219. The van der Waals surface area contributed by atoms with Crippen LogP contribution in [0.2, 0.25) is 0 Å². The lowest BCUT2D eigenvalue weighted by atomic mass is 9.92. The van der Waals surface area contributed by atoms with Crippen molar-refractivity contribution in [2.24, 2.45) is 5.41 Å². The molecule has 0 aliphatic rings. The van der Waals surface area contributed by atoms with Gasteiger partial charge in [-0.3, -0.25) is 0 Å². The van der Waals surface area contributed by atoms with Crippen molar-refractivity contribution in [2.75, 3.05) is 13.2 Å². The summed E-state index contributed by atoms with van der Waals surface area (Å²) in [4.78, 5) is 11.2. The Hall–Kier alpha value is -3.22. The van der Waals surface area contributed by atoms with Crippen molar-refractivity contribution in [1.82, 2.24) is 0 Å². The van der Waals surface area contributed by atoms with E-state index in [4.69, 9.17) is 9.15 Å². The quantitative estimate of drug-likeness (QED) is 0.370. The summed E-state index contributed by atoms with van der Waals surface area (Å²) >= 11 is 0. The molecule has 3 aromatic rings. The predicted molar refractivity (Wildman–Crippen MR) is 102 cm³/mol. The van der Waals surface area contributed by atoms with E-state index in [1.54, 1.807) is 12.1 Å². The molecule has 7 heteroatoms. The zero-order valence-electron chi connectivity index (χ0n) is 15.7. The number of fused-ring (bicyclic) bond motifs is 1. The fourth-order valence-corrected chi connectivity index (χ4v) is 2.58. The van der Waals surface area contributed by atoms with E-state index >= 15 is 0 Å². The van der Waals surface area contributed by atoms with Crippen molar-refractivity contribution in [2.45, 2.75) is 13.1 Å². The molecule has 0 amide bonds. The molecule has 0 spiro atoms. The van der Waals surface area contributed by atoms with E-state index in [0.29, 0.717) is 11.3 Å². The summed E-state index contributed by atoms with van der Waals surface area (Å²) in [5.41, 5.74) is -0.994. The summed E-state index contributed by atoms with van der Waals surface area (Å²) in [7, 11) is 0. The molecular formula is C22H19F3O4. The van der Waals surface area contributed by atoms with Crippen LogP contribution < -0.4 is 4.74 Å². The van der Waals surface area contributed by atoms with Crippen LogP contribution in [-0.4, -0.2) is 25.4 Å². The highest BCUT2D eigenvalue weighted by Crippen LogP contribution is 2.39. The Morgan fingerprint density at radius 1 is 1.10 bits per heavy atom. The Morgan fingerprint density at radius 2 is 1.83 bits per heavy atom. The van der Waals surface area contributed by atoms with Crippen molar-refractivity contribution >= 4 is 16.9 Å². The lowest BCUT2D eigenvalue weighted by molar-refractivity contribution is -0.240. The Bertz CT molecular complexity index is 1010. The van der Waals surface area contributed by atoms with Crippen molar-refractivity contribution in [1.29, 1.82) is 0 Å². The van der Waals surface area contributed by atoms with Gasteiger partial charge in [0.05, 0.1) is 0 Å². The minimum atomic E-state index is -4.64. The van der Waals surface area contributed by atoms with Crippen LogP contribution in [0.15, 0.2) is 71.7 Å². The number of furan rings is 1. The Labute approximate surface area is 165 Å². The van der Waals surface area contributed by atoms with Crippen LogP contribution in [0, 0.1) is 5.41 Å². The van der Waals surface area contributed by atoms with Crippen molar-refractivity contribution < 1.29 is 31.9 Å². The van der Waals surface area contributed by atoms with Gasteiger partial charge >= 0.3 is 12.1 Å². The molecule has 0 aliphatic carbocycles. The van der Waals surface area contributed by atoms with Crippen LogP contribution >= 0.6 is 0 Å². The molecule has 0 radical (unpaired) electrons. The van der Waals surface area contributed by atoms with Crippen LogP contribution in [0.1, 0.15) is 6.92 Å². The fourth-order valence-electron chi connectivity index (χ4n) is 2.58. The topological polar surface area (TPSA) is 48.7 Å². The Kier molecular flexibility index (Phi) is 5.68. The highest BCUT2D eigenvalue weighted by molar-refractivity contribution is 5.84. The van der Waals surface area contributed by atoms with Crippen LogP contribution in [0.3, 0.4) is 0 Å². The second kappa shape index (κ2) is 8.03.